The molecular weight excluding hydrogens is 340 g/mol. The Morgan fingerprint density at radius 1 is 1.07 bits per heavy atom. The fourth-order valence-electron chi connectivity index (χ4n) is 4.76. The zero-order valence-electron chi connectivity index (χ0n) is 16.5. The summed E-state index contributed by atoms with van der Waals surface area (Å²) in [5.41, 5.74) is 1.28. The first-order valence-corrected chi connectivity index (χ1v) is 10.4. The van der Waals surface area contributed by atoms with Gasteiger partial charge in [0, 0.05) is 75.7 Å². The minimum Gasteiger partial charge on any atom is -0.356 e. The monoisotopic (exact) mass is 372 g/mol. The van der Waals surface area contributed by atoms with Crippen LogP contribution in [0.25, 0.3) is 0 Å². The quantitative estimate of drug-likeness (QED) is 0.862. The number of nitrogens with zero attached hydrogens (tertiary/aromatic N) is 5. The molecule has 4 heterocycles. The molecule has 1 spiro atoms. The predicted molar refractivity (Wildman–Crippen MR) is 106 cm³/mol. The van der Waals surface area contributed by atoms with E-state index < -0.39 is 0 Å². The molecule has 3 aliphatic heterocycles. The zero-order chi connectivity index (χ0) is 18.7. The second kappa shape index (κ2) is 8.10. The van der Waals surface area contributed by atoms with Gasteiger partial charge in [0.15, 0.2) is 0 Å². The summed E-state index contributed by atoms with van der Waals surface area (Å²) in [4.78, 5) is 28.3. The fraction of sp³-hybridized carbons (Fsp3) is 0.750. The maximum Gasteiger partial charge on any atom is 0.225 e. The van der Waals surface area contributed by atoms with E-state index >= 15 is 0 Å². The van der Waals surface area contributed by atoms with E-state index in [4.69, 9.17) is 0 Å². The highest BCUT2D eigenvalue weighted by Crippen LogP contribution is 2.31. The summed E-state index contributed by atoms with van der Waals surface area (Å²) in [5, 5.41) is 3.03. The van der Waals surface area contributed by atoms with E-state index in [1.165, 1.54) is 24.8 Å². The fourth-order valence-corrected chi connectivity index (χ4v) is 4.76. The van der Waals surface area contributed by atoms with Crippen molar-refractivity contribution >= 4 is 11.9 Å². The number of aromatic nitrogens is 2. The highest BCUT2D eigenvalue weighted by atomic mass is 16.1. The van der Waals surface area contributed by atoms with Gasteiger partial charge in [-0.3, -0.25) is 14.6 Å². The van der Waals surface area contributed by atoms with Crippen molar-refractivity contribution in [3.63, 3.8) is 0 Å². The maximum atomic E-state index is 11.8. The normalized spacial score (nSPS) is 28.2. The van der Waals surface area contributed by atoms with Gasteiger partial charge in [-0.15, -0.1) is 0 Å². The molecule has 0 aliphatic carbocycles. The van der Waals surface area contributed by atoms with Gasteiger partial charge in [-0.25, -0.2) is 9.97 Å². The van der Waals surface area contributed by atoms with Crippen LogP contribution < -0.4 is 10.2 Å². The molecule has 4 rings (SSSR count). The van der Waals surface area contributed by atoms with Gasteiger partial charge in [-0.05, 0) is 39.2 Å². The topological polar surface area (TPSA) is 64.6 Å². The smallest absolute Gasteiger partial charge is 0.225 e. The van der Waals surface area contributed by atoms with E-state index in [2.05, 4.69) is 37.0 Å². The van der Waals surface area contributed by atoms with Crippen LogP contribution in [0.15, 0.2) is 12.4 Å². The average molecular weight is 373 g/mol. The Hall–Kier alpha value is -1.73. The van der Waals surface area contributed by atoms with E-state index in [0.717, 1.165) is 64.6 Å². The third-order valence-corrected chi connectivity index (χ3v) is 6.55. The van der Waals surface area contributed by atoms with Gasteiger partial charge in [0.2, 0.25) is 11.9 Å². The van der Waals surface area contributed by atoms with Crippen LogP contribution in [0.1, 0.15) is 44.1 Å². The van der Waals surface area contributed by atoms with E-state index in [9.17, 15) is 4.79 Å². The molecule has 0 saturated carbocycles. The minimum atomic E-state index is 0.103. The molecule has 1 aromatic heterocycles. The third-order valence-electron chi connectivity index (χ3n) is 6.55. The van der Waals surface area contributed by atoms with Crippen molar-refractivity contribution in [1.29, 1.82) is 0 Å². The molecule has 0 aromatic carbocycles. The van der Waals surface area contributed by atoms with Crippen LogP contribution in [0.5, 0.6) is 0 Å². The van der Waals surface area contributed by atoms with Crippen molar-refractivity contribution in [2.24, 2.45) is 0 Å². The number of hydrogen-bond donors (Lipinski definition) is 1. The standard InChI is InChI=1S/C20H32N6O/c1-24-11-12-25(16-20(24)6-5-18(27)21-8-7-20)15-17-13-22-19(23-14-17)26-9-3-2-4-10-26/h13-14H,2-12,15-16H2,1H3,(H,21,27)/t20-/m1/s1. The molecular formula is C20H32N6O. The van der Waals surface area contributed by atoms with Crippen LogP contribution in [0.3, 0.4) is 0 Å². The molecule has 1 amide bonds. The molecule has 0 radical (unpaired) electrons. The third kappa shape index (κ3) is 4.24. The summed E-state index contributed by atoms with van der Waals surface area (Å²) < 4.78 is 0. The molecule has 0 unspecified atom stereocenters. The second-order valence-corrected chi connectivity index (χ2v) is 8.40. The molecule has 27 heavy (non-hydrogen) atoms. The van der Waals surface area contributed by atoms with E-state index in [1.54, 1.807) is 0 Å². The first kappa shape index (κ1) is 18.6. The molecule has 7 heteroatoms. The van der Waals surface area contributed by atoms with Crippen molar-refractivity contribution in [2.45, 2.75) is 50.6 Å². The van der Waals surface area contributed by atoms with Gasteiger partial charge in [0.05, 0.1) is 0 Å². The maximum absolute atomic E-state index is 11.8. The van der Waals surface area contributed by atoms with Crippen molar-refractivity contribution in [3.8, 4) is 0 Å². The summed E-state index contributed by atoms with van der Waals surface area (Å²) in [6.07, 6.45) is 10.4. The van der Waals surface area contributed by atoms with Crippen molar-refractivity contribution in [3.05, 3.63) is 18.0 Å². The van der Waals surface area contributed by atoms with Gasteiger partial charge in [0.25, 0.3) is 0 Å². The number of amides is 1. The van der Waals surface area contributed by atoms with E-state index in [1.807, 2.05) is 12.4 Å². The van der Waals surface area contributed by atoms with Gasteiger partial charge in [0.1, 0.15) is 0 Å². The van der Waals surface area contributed by atoms with Crippen molar-refractivity contribution in [2.75, 3.05) is 51.2 Å². The van der Waals surface area contributed by atoms with Gasteiger partial charge < -0.3 is 10.2 Å². The number of nitrogens with one attached hydrogen (secondary N) is 1. The highest BCUT2D eigenvalue weighted by molar-refractivity contribution is 5.76. The molecule has 3 aliphatic rings. The number of carbonyl (C=O) groups excluding carboxylic acids is 1. The average Bonchev–Trinajstić information content (AvgIpc) is 2.88. The molecule has 1 aromatic rings. The summed E-state index contributed by atoms with van der Waals surface area (Å²) in [6.45, 7) is 6.92. The number of hydrogen-bond acceptors (Lipinski definition) is 6. The number of piperazine rings is 1. The summed E-state index contributed by atoms with van der Waals surface area (Å²) >= 11 is 0. The Morgan fingerprint density at radius 2 is 1.85 bits per heavy atom. The van der Waals surface area contributed by atoms with Crippen LogP contribution in [0.4, 0.5) is 5.95 Å². The van der Waals surface area contributed by atoms with Gasteiger partial charge in [-0.2, -0.15) is 0 Å². The molecule has 1 atom stereocenters. The van der Waals surface area contributed by atoms with E-state index in [0.29, 0.717) is 6.42 Å². The van der Waals surface area contributed by atoms with Crippen molar-refractivity contribution in [1.82, 2.24) is 25.1 Å². The largest absolute Gasteiger partial charge is 0.356 e. The molecule has 7 nitrogen and oxygen atoms in total. The number of rotatable bonds is 3. The SMILES string of the molecule is CN1CCN(Cc2cnc(N3CCCCC3)nc2)C[C@@]12CCNC(=O)CC2. The molecule has 1 N–H and O–H groups in total. The van der Waals surface area contributed by atoms with Gasteiger partial charge in [-0.1, -0.05) is 0 Å². The second-order valence-electron chi connectivity index (χ2n) is 8.40. The van der Waals surface area contributed by atoms with Gasteiger partial charge >= 0.3 is 0 Å². The van der Waals surface area contributed by atoms with Crippen LogP contribution >= 0.6 is 0 Å². The Balaban J connectivity index is 1.39. The molecule has 148 valence electrons. The molecule has 0 bridgehead atoms. The number of likely N-dealkylation sites (N-methyl/N-ethyl adjacent to an activating group) is 1. The lowest BCUT2D eigenvalue weighted by Gasteiger charge is -2.49. The lowest BCUT2D eigenvalue weighted by atomic mass is 9.86. The van der Waals surface area contributed by atoms with Crippen LogP contribution in [-0.2, 0) is 11.3 Å². The highest BCUT2D eigenvalue weighted by Gasteiger charge is 2.40. The predicted octanol–water partition coefficient (Wildman–Crippen LogP) is 1.25. The van der Waals surface area contributed by atoms with Crippen LogP contribution in [-0.4, -0.2) is 77.5 Å². The van der Waals surface area contributed by atoms with Crippen molar-refractivity contribution < 1.29 is 4.79 Å². The van der Waals surface area contributed by atoms with E-state index in [-0.39, 0.29) is 11.4 Å². The Labute approximate surface area is 162 Å². The summed E-state index contributed by atoms with van der Waals surface area (Å²) in [5.74, 6) is 1.07. The summed E-state index contributed by atoms with van der Waals surface area (Å²) in [7, 11) is 2.21. The lowest BCUT2D eigenvalue weighted by Crippen LogP contribution is -2.60. The first-order chi connectivity index (χ1) is 13.1. The Morgan fingerprint density at radius 3 is 2.63 bits per heavy atom. The number of anilines is 1. The van der Waals surface area contributed by atoms with Crippen LogP contribution in [0, 0.1) is 0 Å². The number of piperidine rings is 1. The molecule has 3 fully saturated rings. The summed E-state index contributed by atoms with van der Waals surface area (Å²) in [6, 6.07) is 0. The Kier molecular flexibility index (Phi) is 5.59. The molecule has 3 saturated heterocycles. The first-order valence-electron chi connectivity index (χ1n) is 10.4. The Bertz CT molecular complexity index is 644. The zero-order valence-corrected chi connectivity index (χ0v) is 16.5. The minimum absolute atomic E-state index is 0.103. The number of carbonyl (C=O) groups is 1. The van der Waals surface area contributed by atoms with Crippen LogP contribution in [0.2, 0.25) is 0 Å². The lowest BCUT2D eigenvalue weighted by molar-refractivity contribution is -0.121.